The largest absolute Gasteiger partial charge is 0.553 e. The Morgan fingerprint density at radius 1 is 1.08 bits per heavy atom. The van der Waals surface area contributed by atoms with Gasteiger partial charge in [-0.25, -0.2) is 0 Å². The highest BCUT2D eigenvalue weighted by Crippen LogP contribution is 2.01. The fraction of sp³-hybridized carbons (Fsp3) is 0.714. The second kappa shape index (κ2) is 4.58. The predicted molar refractivity (Wildman–Crippen MR) is 37.6 cm³/mol. The topological polar surface area (TPSA) is 72.5 Å². The Kier molecular flexibility index (Phi) is 4.10. The third-order valence-corrected chi connectivity index (χ3v) is 1.02. The Morgan fingerprint density at radius 2 is 1.58 bits per heavy atom. The van der Waals surface area contributed by atoms with Gasteiger partial charge in [-0.15, -0.1) is 0 Å². The van der Waals surface area contributed by atoms with Gasteiger partial charge in [-0.2, -0.15) is 9.90 Å². The molecule has 0 rings (SSSR count). The van der Waals surface area contributed by atoms with Crippen LogP contribution in [0.3, 0.4) is 0 Å². The molecular weight excluding hydrogens is 164 g/mol. The molecule has 0 N–H and O–H groups in total. The van der Waals surface area contributed by atoms with Crippen LogP contribution in [0, 0.1) is 5.92 Å². The fourth-order valence-corrected chi connectivity index (χ4v) is 0.459. The van der Waals surface area contributed by atoms with Crippen LogP contribution in [0.15, 0.2) is 0 Å². The molecule has 0 aliphatic heterocycles. The number of carbonyl (C=O) groups excluding carboxylic acids is 2. The van der Waals surface area contributed by atoms with Gasteiger partial charge in [0.15, 0.2) is 0 Å². The van der Waals surface area contributed by atoms with Crippen LogP contribution in [-0.4, -0.2) is 18.4 Å². The summed E-state index contributed by atoms with van der Waals surface area (Å²) in [5.74, 6) is -0.818. The number of rotatable bonds is 3. The van der Waals surface area contributed by atoms with E-state index in [1.165, 1.54) is 6.92 Å². The second-order valence-corrected chi connectivity index (χ2v) is 2.53. The number of hydrogen-bond acceptors (Lipinski definition) is 4. The van der Waals surface area contributed by atoms with Crippen molar-refractivity contribution in [3.05, 3.63) is 0 Å². The standard InChI is InChI=1S/C7H11O5/c1-4(2)6(8)11-5(3)12-7(9)10/h4-5H,1-3H3. The Balaban J connectivity index is 3.76. The Morgan fingerprint density at radius 3 is 1.92 bits per heavy atom. The van der Waals surface area contributed by atoms with Crippen molar-refractivity contribution in [2.24, 2.45) is 5.92 Å². The lowest BCUT2D eigenvalue weighted by molar-refractivity contribution is -0.171. The van der Waals surface area contributed by atoms with E-state index in [-0.39, 0.29) is 5.92 Å². The van der Waals surface area contributed by atoms with E-state index in [1.807, 2.05) is 0 Å². The molecule has 1 radical (unpaired) electrons. The molecular formula is C7H11O5. The van der Waals surface area contributed by atoms with Crippen molar-refractivity contribution in [2.45, 2.75) is 27.1 Å². The van der Waals surface area contributed by atoms with Gasteiger partial charge in [-0.1, -0.05) is 13.8 Å². The van der Waals surface area contributed by atoms with Crippen molar-refractivity contribution in [1.82, 2.24) is 0 Å². The van der Waals surface area contributed by atoms with E-state index in [0.29, 0.717) is 0 Å². The molecule has 0 heterocycles. The van der Waals surface area contributed by atoms with Gasteiger partial charge in [0.25, 0.3) is 0 Å². The minimum absolute atomic E-state index is 0.308. The van der Waals surface area contributed by atoms with Gasteiger partial charge in [0.2, 0.25) is 6.29 Å². The Bertz CT molecular complexity index is 175. The molecule has 0 amide bonds. The number of ether oxygens (including phenoxy) is 2. The molecule has 0 fully saturated rings. The highest BCUT2D eigenvalue weighted by molar-refractivity contribution is 5.71. The van der Waals surface area contributed by atoms with Crippen molar-refractivity contribution >= 4 is 12.1 Å². The molecule has 0 aromatic rings. The summed E-state index contributed by atoms with van der Waals surface area (Å²) in [6, 6.07) is 0. The molecule has 69 valence electrons. The van der Waals surface area contributed by atoms with Crippen molar-refractivity contribution in [2.75, 3.05) is 0 Å². The molecule has 0 saturated carbocycles. The average molecular weight is 175 g/mol. The number of hydrogen-bond donors (Lipinski definition) is 0. The van der Waals surface area contributed by atoms with Crippen LogP contribution in [0.1, 0.15) is 20.8 Å². The van der Waals surface area contributed by atoms with Crippen LogP contribution in [0.5, 0.6) is 0 Å². The predicted octanol–water partition coefficient (Wildman–Crippen LogP) is 1.10. The van der Waals surface area contributed by atoms with Gasteiger partial charge in [0, 0.05) is 6.92 Å². The first kappa shape index (κ1) is 10.7. The first-order valence-corrected chi connectivity index (χ1v) is 3.51. The molecule has 5 heteroatoms. The van der Waals surface area contributed by atoms with Gasteiger partial charge >= 0.3 is 12.1 Å². The van der Waals surface area contributed by atoms with Gasteiger partial charge in [-0.3, -0.25) is 4.79 Å². The SMILES string of the molecule is CC(OC([O])=O)OC(=O)C(C)C. The number of esters is 1. The van der Waals surface area contributed by atoms with E-state index in [1.54, 1.807) is 13.8 Å². The van der Waals surface area contributed by atoms with E-state index in [2.05, 4.69) is 9.47 Å². The van der Waals surface area contributed by atoms with Gasteiger partial charge < -0.3 is 9.47 Å². The van der Waals surface area contributed by atoms with E-state index < -0.39 is 18.4 Å². The summed E-state index contributed by atoms with van der Waals surface area (Å²) in [5, 5.41) is 9.84. The maximum Gasteiger partial charge on any atom is 0.553 e. The Labute approximate surface area is 70.3 Å². The van der Waals surface area contributed by atoms with Crippen LogP contribution >= 0.6 is 0 Å². The first-order chi connectivity index (χ1) is 5.43. The summed E-state index contributed by atoms with van der Waals surface area (Å²) < 4.78 is 8.57. The minimum atomic E-state index is -1.71. The van der Waals surface area contributed by atoms with Crippen LogP contribution < -0.4 is 0 Å². The van der Waals surface area contributed by atoms with Gasteiger partial charge in [0.05, 0.1) is 5.92 Å². The van der Waals surface area contributed by atoms with Crippen molar-refractivity contribution in [1.29, 1.82) is 0 Å². The molecule has 0 saturated heterocycles. The molecule has 0 aromatic heterocycles. The third-order valence-electron chi connectivity index (χ3n) is 1.02. The first-order valence-electron chi connectivity index (χ1n) is 3.51. The quantitative estimate of drug-likeness (QED) is 0.475. The molecule has 5 nitrogen and oxygen atoms in total. The van der Waals surface area contributed by atoms with Crippen LogP contribution in [0.2, 0.25) is 0 Å². The zero-order valence-electron chi connectivity index (χ0n) is 7.20. The zero-order valence-corrected chi connectivity index (χ0v) is 7.20. The lowest BCUT2D eigenvalue weighted by Gasteiger charge is -2.12. The van der Waals surface area contributed by atoms with Crippen LogP contribution in [0.25, 0.3) is 0 Å². The highest BCUT2D eigenvalue weighted by Gasteiger charge is 2.16. The molecule has 1 atom stereocenters. The van der Waals surface area contributed by atoms with E-state index in [9.17, 15) is 14.7 Å². The summed E-state index contributed by atoms with van der Waals surface area (Å²) in [4.78, 5) is 20.7. The van der Waals surface area contributed by atoms with Gasteiger partial charge in [-0.05, 0) is 0 Å². The molecule has 1 unspecified atom stereocenters. The van der Waals surface area contributed by atoms with Crippen molar-refractivity contribution in [3.8, 4) is 0 Å². The van der Waals surface area contributed by atoms with Gasteiger partial charge in [0.1, 0.15) is 0 Å². The molecule has 0 spiro atoms. The monoisotopic (exact) mass is 175 g/mol. The van der Waals surface area contributed by atoms with Crippen molar-refractivity contribution < 1.29 is 24.2 Å². The minimum Gasteiger partial charge on any atom is -0.425 e. The summed E-state index contributed by atoms with van der Waals surface area (Å²) in [6.07, 6.45) is -2.82. The fourth-order valence-electron chi connectivity index (χ4n) is 0.459. The summed E-state index contributed by atoms with van der Waals surface area (Å²) >= 11 is 0. The summed E-state index contributed by atoms with van der Waals surface area (Å²) in [7, 11) is 0. The van der Waals surface area contributed by atoms with E-state index in [4.69, 9.17) is 0 Å². The van der Waals surface area contributed by atoms with Crippen LogP contribution in [-0.2, 0) is 19.4 Å². The Hall–Kier alpha value is -1.26. The summed E-state index contributed by atoms with van der Waals surface area (Å²) in [5.41, 5.74) is 0. The second-order valence-electron chi connectivity index (χ2n) is 2.53. The summed E-state index contributed by atoms with van der Waals surface area (Å²) in [6.45, 7) is 4.57. The zero-order chi connectivity index (χ0) is 9.72. The van der Waals surface area contributed by atoms with E-state index >= 15 is 0 Å². The number of carbonyl (C=O) groups is 2. The van der Waals surface area contributed by atoms with E-state index in [0.717, 1.165) is 0 Å². The average Bonchev–Trinajstić information content (AvgIpc) is 1.84. The molecule has 0 aliphatic rings. The highest BCUT2D eigenvalue weighted by atomic mass is 16.8. The third kappa shape index (κ3) is 4.54. The van der Waals surface area contributed by atoms with Crippen molar-refractivity contribution in [3.63, 3.8) is 0 Å². The lowest BCUT2D eigenvalue weighted by atomic mass is 10.2. The normalized spacial score (nSPS) is 12.3. The maximum atomic E-state index is 10.8. The van der Waals surface area contributed by atoms with Crippen LogP contribution in [0.4, 0.5) is 4.79 Å². The smallest absolute Gasteiger partial charge is 0.425 e. The lowest BCUT2D eigenvalue weighted by Crippen LogP contribution is -2.23. The molecule has 0 aromatic carbocycles. The molecule has 12 heavy (non-hydrogen) atoms. The maximum absolute atomic E-state index is 10.8. The molecule has 0 bridgehead atoms. The molecule has 0 aliphatic carbocycles.